The summed E-state index contributed by atoms with van der Waals surface area (Å²) in [5, 5.41) is 19.9. The number of anilines is 1. The largest absolute Gasteiger partial charge is 0.463 e. The molecule has 0 radical (unpaired) electrons. The third-order valence-electron chi connectivity index (χ3n) is 6.38. The first kappa shape index (κ1) is 21.1. The normalized spacial score (nSPS) is 19.2. The van der Waals surface area contributed by atoms with Crippen LogP contribution >= 0.6 is 11.3 Å². The second-order valence-electron chi connectivity index (χ2n) is 8.47. The number of nitriles is 1. The van der Waals surface area contributed by atoms with Crippen LogP contribution in [0.4, 0.5) is 13.8 Å². The minimum Gasteiger partial charge on any atom is -0.463 e. The van der Waals surface area contributed by atoms with Gasteiger partial charge in [-0.1, -0.05) is 0 Å². The molecule has 1 saturated carbocycles. The summed E-state index contributed by atoms with van der Waals surface area (Å²) in [5.41, 5.74) is 7.52. The van der Waals surface area contributed by atoms with Crippen molar-refractivity contribution in [1.82, 2.24) is 15.0 Å². The molecular weight excluding hydrogens is 464 g/mol. The Hall–Kier alpha value is -3.46. The van der Waals surface area contributed by atoms with Crippen molar-refractivity contribution in [2.24, 2.45) is 5.92 Å². The Morgan fingerprint density at radius 2 is 2.03 bits per heavy atom. The number of aliphatic hydroxyl groups excluding tert-OH is 1. The third-order valence-corrected chi connectivity index (χ3v) is 7.41. The number of benzene rings is 1. The number of pyridine rings is 1. The number of ether oxygens (including phenoxy) is 2. The molecule has 1 aliphatic heterocycles. The van der Waals surface area contributed by atoms with Crippen LogP contribution in [-0.2, 0) is 18.0 Å². The number of nitrogens with two attached hydrogens (primary N) is 1. The molecule has 0 amide bonds. The van der Waals surface area contributed by atoms with Crippen molar-refractivity contribution in [2.45, 2.75) is 32.2 Å². The van der Waals surface area contributed by atoms with Gasteiger partial charge < -0.3 is 20.3 Å². The molecule has 0 saturated heterocycles. The first-order valence-corrected chi connectivity index (χ1v) is 11.4. The molecule has 1 aromatic carbocycles. The predicted molar refractivity (Wildman–Crippen MR) is 120 cm³/mol. The predicted octanol–water partition coefficient (Wildman–Crippen LogP) is 3.82. The Kier molecular flexibility index (Phi) is 4.84. The number of thiophene rings is 1. The standard InChI is InChI=1S/C23H17F2N5O3S/c24-15-5-28-20(17-11(3-26)22(27)34-21(15)17)16-14-8-32-7-13(14)12-4-29-23(30-19(12)18(16)25)33-6-9-1-10(31)2-9/h4-5,9-10,31H,1-2,6-8,27H2/t9-,10+. The highest BCUT2D eigenvalue weighted by Gasteiger charge is 2.31. The van der Waals surface area contributed by atoms with Crippen LogP contribution < -0.4 is 10.5 Å². The van der Waals surface area contributed by atoms with E-state index in [1.807, 2.05) is 6.07 Å². The highest BCUT2D eigenvalue weighted by Crippen LogP contribution is 2.45. The SMILES string of the molecule is N#Cc1c(N)sc2c(F)cnc(-c3c4c(c5cnc(OC[C@H]6C[C@@H](O)C6)nc5c3F)COC4)c12. The summed E-state index contributed by atoms with van der Waals surface area (Å²) in [7, 11) is 0. The van der Waals surface area contributed by atoms with Crippen LogP contribution in [0.3, 0.4) is 0 Å². The van der Waals surface area contributed by atoms with Crippen molar-refractivity contribution in [1.29, 1.82) is 5.26 Å². The summed E-state index contributed by atoms with van der Waals surface area (Å²) in [6.45, 7) is 0.677. The van der Waals surface area contributed by atoms with Gasteiger partial charge in [0.1, 0.15) is 16.6 Å². The maximum Gasteiger partial charge on any atom is 0.317 e. The lowest BCUT2D eigenvalue weighted by Crippen LogP contribution is -2.32. The molecule has 8 nitrogen and oxygen atoms in total. The lowest BCUT2D eigenvalue weighted by atomic mass is 9.83. The zero-order valence-corrected chi connectivity index (χ0v) is 18.5. The Morgan fingerprint density at radius 1 is 1.24 bits per heavy atom. The summed E-state index contributed by atoms with van der Waals surface area (Å²) in [6, 6.07) is 2.01. The number of hydrogen-bond acceptors (Lipinski definition) is 9. The van der Waals surface area contributed by atoms with E-state index < -0.39 is 11.6 Å². The van der Waals surface area contributed by atoms with Crippen LogP contribution in [0.5, 0.6) is 6.01 Å². The number of fused-ring (bicyclic) bond motifs is 4. The zero-order chi connectivity index (χ0) is 23.6. The average Bonchev–Trinajstić information content (AvgIpc) is 3.42. The molecule has 4 aromatic rings. The van der Waals surface area contributed by atoms with Gasteiger partial charge in [-0.3, -0.25) is 4.98 Å². The molecule has 1 aliphatic carbocycles. The van der Waals surface area contributed by atoms with Gasteiger partial charge in [-0.15, -0.1) is 11.3 Å². The van der Waals surface area contributed by atoms with Gasteiger partial charge in [0.25, 0.3) is 0 Å². The maximum atomic E-state index is 16.1. The molecular formula is C23H17F2N5O3S. The number of halogens is 2. The topological polar surface area (TPSA) is 127 Å². The second kappa shape index (κ2) is 7.80. The van der Waals surface area contributed by atoms with Crippen molar-refractivity contribution in [3.63, 3.8) is 0 Å². The van der Waals surface area contributed by atoms with Gasteiger partial charge in [0.15, 0.2) is 11.6 Å². The highest BCUT2D eigenvalue weighted by molar-refractivity contribution is 7.23. The first-order valence-electron chi connectivity index (χ1n) is 10.6. The first-order chi connectivity index (χ1) is 16.5. The Bertz CT molecular complexity index is 1530. The monoisotopic (exact) mass is 481 g/mol. The van der Waals surface area contributed by atoms with Gasteiger partial charge in [0, 0.05) is 22.5 Å². The molecule has 172 valence electrons. The Balaban J connectivity index is 1.55. The molecule has 34 heavy (non-hydrogen) atoms. The van der Waals surface area contributed by atoms with Crippen LogP contribution in [0.1, 0.15) is 29.5 Å². The lowest BCUT2D eigenvalue weighted by molar-refractivity contribution is 0.0186. The molecule has 6 rings (SSSR count). The third kappa shape index (κ3) is 3.10. The van der Waals surface area contributed by atoms with Crippen LogP contribution in [-0.4, -0.2) is 32.8 Å². The molecule has 1 fully saturated rings. The van der Waals surface area contributed by atoms with Crippen molar-refractivity contribution < 1.29 is 23.4 Å². The van der Waals surface area contributed by atoms with E-state index >= 15 is 4.39 Å². The minimum atomic E-state index is -0.681. The quantitative estimate of drug-likeness (QED) is 0.450. The fraction of sp³-hybridized carbons (Fsp3) is 0.304. The lowest BCUT2D eigenvalue weighted by Gasteiger charge is -2.30. The van der Waals surface area contributed by atoms with E-state index in [2.05, 4.69) is 15.0 Å². The van der Waals surface area contributed by atoms with Crippen LogP contribution in [0.15, 0.2) is 12.4 Å². The van der Waals surface area contributed by atoms with Gasteiger partial charge in [-0.25, -0.2) is 13.8 Å². The van der Waals surface area contributed by atoms with E-state index in [0.29, 0.717) is 36.0 Å². The molecule has 11 heteroatoms. The molecule has 2 aliphatic rings. The van der Waals surface area contributed by atoms with Gasteiger partial charge in [-0.2, -0.15) is 10.2 Å². The molecule has 0 bridgehead atoms. The van der Waals surface area contributed by atoms with E-state index in [9.17, 15) is 14.8 Å². The number of nitrogens with zero attached hydrogens (tertiary/aromatic N) is 4. The minimum absolute atomic E-state index is 0.0207. The molecule has 3 aromatic heterocycles. The fourth-order valence-electron chi connectivity index (χ4n) is 4.63. The van der Waals surface area contributed by atoms with Gasteiger partial charge >= 0.3 is 6.01 Å². The molecule has 0 atom stereocenters. The van der Waals surface area contributed by atoms with Crippen LogP contribution in [0, 0.1) is 28.9 Å². The van der Waals surface area contributed by atoms with Gasteiger partial charge in [-0.05, 0) is 29.9 Å². The van der Waals surface area contributed by atoms with E-state index in [0.717, 1.165) is 17.5 Å². The fourth-order valence-corrected chi connectivity index (χ4v) is 5.55. The number of rotatable bonds is 4. The molecule has 0 unspecified atom stereocenters. The van der Waals surface area contributed by atoms with Crippen LogP contribution in [0.25, 0.3) is 32.2 Å². The van der Waals surface area contributed by atoms with Crippen molar-refractivity contribution in [2.75, 3.05) is 12.3 Å². The number of hydrogen-bond donors (Lipinski definition) is 2. The summed E-state index contributed by atoms with van der Waals surface area (Å²) < 4.78 is 42.0. The summed E-state index contributed by atoms with van der Waals surface area (Å²) in [4.78, 5) is 12.7. The Labute approximate surface area is 195 Å². The zero-order valence-electron chi connectivity index (χ0n) is 17.6. The van der Waals surface area contributed by atoms with Crippen LogP contribution in [0.2, 0.25) is 0 Å². The maximum absolute atomic E-state index is 16.1. The molecule has 0 spiro atoms. The average molecular weight is 481 g/mol. The van der Waals surface area contributed by atoms with E-state index in [4.69, 9.17) is 15.2 Å². The van der Waals surface area contributed by atoms with E-state index in [1.165, 1.54) is 6.20 Å². The van der Waals surface area contributed by atoms with E-state index in [-0.39, 0.29) is 68.7 Å². The Morgan fingerprint density at radius 3 is 2.79 bits per heavy atom. The molecule has 4 heterocycles. The van der Waals surface area contributed by atoms with Crippen molar-refractivity contribution in [3.8, 4) is 23.3 Å². The van der Waals surface area contributed by atoms with Crippen molar-refractivity contribution in [3.05, 3.63) is 40.7 Å². The van der Waals surface area contributed by atoms with E-state index in [1.54, 1.807) is 0 Å². The number of nitrogen functional groups attached to an aromatic ring is 1. The molecule has 3 N–H and O–H groups in total. The smallest absolute Gasteiger partial charge is 0.317 e. The second-order valence-corrected chi connectivity index (χ2v) is 9.52. The van der Waals surface area contributed by atoms with Gasteiger partial charge in [0.05, 0.1) is 48.1 Å². The summed E-state index contributed by atoms with van der Waals surface area (Å²) >= 11 is 0.924. The van der Waals surface area contributed by atoms with Crippen molar-refractivity contribution >= 4 is 37.3 Å². The summed E-state index contributed by atoms with van der Waals surface area (Å²) in [6.07, 6.45) is 3.49. The van der Waals surface area contributed by atoms with Gasteiger partial charge in [0.2, 0.25) is 0 Å². The number of aromatic nitrogens is 3. The highest BCUT2D eigenvalue weighted by atomic mass is 32.1. The summed E-state index contributed by atoms with van der Waals surface area (Å²) in [5.74, 6) is -1.11. The number of aliphatic hydroxyl groups is 1.